The van der Waals surface area contributed by atoms with Crippen LogP contribution in [0.3, 0.4) is 0 Å². The van der Waals surface area contributed by atoms with E-state index in [1.807, 2.05) is 0 Å². The van der Waals surface area contributed by atoms with Gasteiger partial charge in [-0.05, 0) is 37.8 Å². The van der Waals surface area contributed by atoms with Gasteiger partial charge in [-0.3, -0.25) is 4.79 Å². The Kier molecular flexibility index (Phi) is 4.80. The minimum absolute atomic E-state index is 0.000758. The summed E-state index contributed by atoms with van der Waals surface area (Å²) in [5, 5.41) is 3.39. The van der Waals surface area contributed by atoms with Gasteiger partial charge in [0.25, 0.3) is 0 Å². The number of carbonyl (C=O) groups is 1. The van der Waals surface area contributed by atoms with Gasteiger partial charge in [-0.15, -0.1) is 0 Å². The van der Waals surface area contributed by atoms with E-state index in [1.54, 1.807) is 0 Å². The fraction of sp³-hybridized carbons (Fsp3) is 0.923. The van der Waals surface area contributed by atoms with Crippen LogP contribution >= 0.6 is 0 Å². The molecule has 0 saturated carbocycles. The molecule has 2 saturated heterocycles. The molecule has 2 aliphatic rings. The van der Waals surface area contributed by atoms with Crippen molar-refractivity contribution in [2.75, 3.05) is 26.3 Å². The van der Waals surface area contributed by atoms with Gasteiger partial charge in [-0.2, -0.15) is 0 Å². The van der Waals surface area contributed by atoms with E-state index in [-0.39, 0.29) is 12.1 Å². The standard InChI is InChI=1S/C13H23NO3/c1-10(11-3-2-5-14-8-11)7-13(15)17-12-4-6-16-9-12/h10-12,14H,2-9H2,1H3. The molecule has 17 heavy (non-hydrogen) atoms. The summed E-state index contributed by atoms with van der Waals surface area (Å²) in [6.07, 6.45) is 3.85. The lowest BCUT2D eigenvalue weighted by atomic mass is 9.85. The Morgan fingerprint density at radius 2 is 2.41 bits per heavy atom. The summed E-state index contributed by atoms with van der Waals surface area (Å²) in [7, 11) is 0. The van der Waals surface area contributed by atoms with Gasteiger partial charge in [0.15, 0.2) is 0 Å². The smallest absolute Gasteiger partial charge is 0.306 e. The number of hydrogen-bond donors (Lipinski definition) is 1. The Morgan fingerprint density at radius 3 is 3.06 bits per heavy atom. The molecule has 2 fully saturated rings. The molecule has 0 amide bonds. The van der Waals surface area contributed by atoms with Crippen LogP contribution in [0.5, 0.6) is 0 Å². The molecule has 0 aromatic rings. The monoisotopic (exact) mass is 241 g/mol. The largest absolute Gasteiger partial charge is 0.460 e. The van der Waals surface area contributed by atoms with Gasteiger partial charge >= 0.3 is 5.97 Å². The summed E-state index contributed by atoms with van der Waals surface area (Å²) in [5.41, 5.74) is 0. The first kappa shape index (κ1) is 12.8. The third-order valence-corrected chi connectivity index (χ3v) is 3.81. The molecule has 0 radical (unpaired) electrons. The summed E-state index contributed by atoms with van der Waals surface area (Å²) in [4.78, 5) is 11.8. The topological polar surface area (TPSA) is 47.6 Å². The number of esters is 1. The minimum Gasteiger partial charge on any atom is -0.460 e. The molecule has 3 unspecified atom stereocenters. The van der Waals surface area contributed by atoms with Crippen LogP contribution in [0.25, 0.3) is 0 Å². The van der Waals surface area contributed by atoms with Crippen molar-refractivity contribution in [1.82, 2.24) is 5.32 Å². The van der Waals surface area contributed by atoms with Crippen LogP contribution in [0.2, 0.25) is 0 Å². The molecule has 4 heteroatoms. The van der Waals surface area contributed by atoms with Gasteiger partial charge in [-0.25, -0.2) is 0 Å². The highest BCUT2D eigenvalue weighted by Crippen LogP contribution is 2.23. The van der Waals surface area contributed by atoms with E-state index >= 15 is 0 Å². The maximum absolute atomic E-state index is 11.8. The second-order valence-electron chi connectivity index (χ2n) is 5.26. The van der Waals surface area contributed by atoms with E-state index in [4.69, 9.17) is 9.47 Å². The van der Waals surface area contributed by atoms with E-state index in [2.05, 4.69) is 12.2 Å². The number of piperidine rings is 1. The summed E-state index contributed by atoms with van der Waals surface area (Å²) in [6.45, 7) is 5.61. The summed E-state index contributed by atoms with van der Waals surface area (Å²) in [5.74, 6) is 0.979. The predicted octanol–water partition coefficient (Wildman–Crippen LogP) is 1.34. The fourth-order valence-electron chi connectivity index (χ4n) is 2.63. The van der Waals surface area contributed by atoms with Crippen molar-refractivity contribution in [2.45, 2.75) is 38.7 Å². The summed E-state index contributed by atoms with van der Waals surface area (Å²) in [6, 6.07) is 0. The van der Waals surface area contributed by atoms with Gasteiger partial charge in [0.05, 0.1) is 13.2 Å². The van der Waals surface area contributed by atoms with Crippen LogP contribution in [0, 0.1) is 11.8 Å². The van der Waals surface area contributed by atoms with Crippen molar-refractivity contribution in [1.29, 1.82) is 0 Å². The Balaban J connectivity index is 1.69. The average molecular weight is 241 g/mol. The maximum atomic E-state index is 11.8. The first-order valence-corrected chi connectivity index (χ1v) is 6.73. The summed E-state index contributed by atoms with van der Waals surface area (Å²) < 4.78 is 10.6. The predicted molar refractivity (Wildman–Crippen MR) is 64.7 cm³/mol. The molecule has 4 nitrogen and oxygen atoms in total. The van der Waals surface area contributed by atoms with E-state index in [9.17, 15) is 4.79 Å². The molecule has 2 aliphatic heterocycles. The van der Waals surface area contributed by atoms with Gasteiger partial charge in [0.2, 0.25) is 0 Å². The molecular formula is C13H23NO3. The summed E-state index contributed by atoms with van der Waals surface area (Å²) >= 11 is 0. The van der Waals surface area contributed by atoms with Crippen molar-refractivity contribution >= 4 is 5.97 Å². The van der Waals surface area contributed by atoms with E-state index in [0.717, 1.165) is 26.1 Å². The van der Waals surface area contributed by atoms with Crippen molar-refractivity contribution in [3.8, 4) is 0 Å². The average Bonchev–Trinajstić information content (AvgIpc) is 2.82. The molecule has 0 aliphatic carbocycles. The first-order chi connectivity index (χ1) is 8.25. The zero-order valence-corrected chi connectivity index (χ0v) is 10.6. The Hall–Kier alpha value is -0.610. The van der Waals surface area contributed by atoms with E-state index in [0.29, 0.717) is 24.9 Å². The molecule has 2 rings (SSSR count). The van der Waals surface area contributed by atoms with Crippen LogP contribution in [-0.4, -0.2) is 38.4 Å². The fourth-order valence-corrected chi connectivity index (χ4v) is 2.63. The molecule has 0 aromatic heterocycles. The van der Waals surface area contributed by atoms with E-state index in [1.165, 1.54) is 12.8 Å². The number of carbonyl (C=O) groups excluding carboxylic acids is 1. The van der Waals surface area contributed by atoms with E-state index < -0.39 is 0 Å². The number of rotatable bonds is 4. The third-order valence-electron chi connectivity index (χ3n) is 3.81. The minimum atomic E-state index is -0.0569. The normalized spacial score (nSPS) is 31.1. The van der Waals surface area contributed by atoms with Crippen molar-refractivity contribution in [3.05, 3.63) is 0 Å². The lowest BCUT2D eigenvalue weighted by Gasteiger charge is -2.28. The number of ether oxygens (including phenoxy) is 2. The third kappa shape index (κ3) is 3.96. The molecule has 2 heterocycles. The van der Waals surface area contributed by atoms with Crippen molar-refractivity contribution < 1.29 is 14.3 Å². The Bertz CT molecular complexity index is 245. The van der Waals surface area contributed by atoms with Crippen LogP contribution in [0.4, 0.5) is 0 Å². The number of nitrogens with one attached hydrogen (secondary N) is 1. The molecule has 1 N–H and O–H groups in total. The zero-order valence-electron chi connectivity index (χ0n) is 10.6. The quantitative estimate of drug-likeness (QED) is 0.755. The van der Waals surface area contributed by atoms with Crippen LogP contribution < -0.4 is 5.32 Å². The molecule has 3 atom stereocenters. The zero-order chi connectivity index (χ0) is 12.1. The van der Waals surface area contributed by atoms with Crippen LogP contribution in [0.15, 0.2) is 0 Å². The second kappa shape index (κ2) is 6.36. The first-order valence-electron chi connectivity index (χ1n) is 6.73. The molecule has 0 spiro atoms. The highest BCUT2D eigenvalue weighted by Gasteiger charge is 2.25. The van der Waals surface area contributed by atoms with Crippen LogP contribution in [-0.2, 0) is 14.3 Å². The maximum Gasteiger partial charge on any atom is 0.306 e. The second-order valence-corrected chi connectivity index (χ2v) is 5.26. The SMILES string of the molecule is CC(CC(=O)OC1CCOC1)C1CCCNC1. The number of hydrogen-bond acceptors (Lipinski definition) is 4. The molecule has 0 aromatic carbocycles. The Labute approximate surface area is 103 Å². The van der Waals surface area contributed by atoms with Gasteiger partial charge in [0, 0.05) is 12.8 Å². The lowest BCUT2D eigenvalue weighted by Crippen LogP contribution is -2.34. The van der Waals surface area contributed by atoms with Crippen molar-refractivity contribution in [3.63, 3.8) is 0 Å². The molecular weight excluding hydrogens is 218 g/mol. The van der Waals surface area contributed by atoms with Gasteiger partial charge in [-0.1, -0.05) is 6.92 Å². The lowest BCUT2D eigenvalue weighted by molar-refractivity contribution is -0.150. The highest BCUT2D eigenvalue weighted by atomic mass is 16.6. The molecule has 0 bridgehead atoms. The van der Waals surface area contributed by atoms with Gasteiger partial charge < -0.3 is 14.8 Å². The van der Waals surface area contributed by atoms with Gasteiger partial charge in [0.1, 0.15) is 6.10 Å². The van der Waals surface area contributed by atoms with Crippen LogP contribution in [0.1, 0.15) is 32.6 Å². The molecule has 98 valence electrons. The van der Waals surface area contributed by atoms with Crippen molar-refractivity contribution in [2.24, 2.45) is 11.8 Å². The highest BCUT2D eigenvalue weighted by molar-refractivity contribution is 5.69. The Morgan fingerprint density at radius 1 is 1.53 bits per heavy atom.